The minimum Gasteiger partial charge on any atom is -0.378 e. The van der Waals surface area contributed by atoms with Gasteiger partial charge in [0.15, 0.2) is 0 Å². The van der Waals surface area contributed by atoms with Crippen LogP contribution in [0.2, 0.25) is 0 Å². The smallest absolute Gasteiger partial charge is 0.378 e. The summed E-state index contributed by atoms with van der Waals surface area (Å²) in [5, 5.41) is 0. The van der Waals surface area contributed by atoms with Gasteiger partial charge in [-0.25, -0.2) is 0 Å². The molecular weight excluding hydrogens is 454 g/mol. The van der Waals surface area contributed by atoms with E-state index in [-0.39, 0.29) is 24.2 Å². The van der Waals surface area contributed by atoms with E-state index in [0.717, 1.165) is 63.7 Å². The molecule has 1 aromatic rings. The molecule has 0 radical (unpaired) electrons. The molecular formula is C27H42F6O. The number of hydrogen-bond acceptors (Lipinski definition) is 1. The highest BCUT2D eigenvalue weighted by molar-refractivity contribution is 5.33. The molecule has 198 valence electrons. The van der Waals surface area contributed by atoms with Gasteiger partial charge in [0.1, 0.15) is 0 Å². The Morgan fingerprint density at radius 3 is 1.56 bits per heavy atom. The first-order chi connectivity index (χ1) is 16.1. The molecule has 7 heteroatoms. The molecule has 34 heavy (non-hydrogen) atoms. The number of rotatable bonds is 18. The molecule has 1 aromatic carbocycles. The summed E-state index contributed by atoms with van der Waals surface area (Å²) >= 11 is 0. The molecule has 1 unspecified atom stereocenters. The predicted molar refractivity (Wildman–Crippen MR) is 126 cm³/mol. The van der Waals surface area contributed by atoms with Crippen LogP contribution >= 0.6 is 0 Å². The first-order valence-electron chi connectivity index (χ1n) is 13.0. The monoisotopic (exact) mass is 496 g/mol. The summed E-state index contributed by atoms with van der Waals surface area (Å²) in [6.45, 7) is 5.05. The van der Waals surface area contributed by atoms with Gasteiger partial charge in [0, 0.05) is 6.61 Å². The van der Waals surface area contributed by atoms with Crippen LogP contribution in [0.1, 0.15) is 120 Å². The highest BCUT2D eigenvalue weighted by atomic mass is 19.4. The maximum Gasteiger partial charge on any atom is 0.416 e. The molecule has 1 rings (SSSR count). The molecule has 0 saturated carbocycles. The van der Waals surface area contributed by atoms with Crippen molar-refractivity contribution < 1.29 is 31.1 Å². The second kappa shape index (κ2) is 16.4. The predicted octanol–water partition coefficient (Wildman–Crippen LogP) is 10.2. The quantitative estimate of drug-likeness (QED) is 0.145. The van der Waals surface area contributed by atoms with Gasteiger partial charge in [-0.3, -0.25) is 0 Å². The van der Waals surface area contributed by atoms with Crippen LogP contribution in [0.5, 0.6) is 0 Å². The molecule has 0 bridgehead atoms. The van der Waals surface area contributed by atoms with E-state index < -0.39 is 23.5 Å². The van der Waals surface area contributed by atoms with E-state index in [9.17, 15) is 26.3 Å². The van der Waals surface area contributed by atoms with Gasteiger partial charge in [-0.2, -0.15) is 26.3 Å². The van der Waals surface area contributed by atoms with Crippen LogP contribution in [0.15, 0.2) is 18.2 Å². The van der Waals surface area contributed by atoms with E-state index in [0.29, 0.717) is 6.42 Å². The van der Waals surface area contributed by atoms with Gasteiger partial charge in [-0.15, -0.1) is 0 Å². The van der Waals surface area contributed by atoms with Crippen LogP contribution in [0, 0.1) is 0 Å². The lowest BCUT2D eigenvalue weighted by Gasteiger charge is -2.18. The fraction of sp³-hybridized carbons (Fsp3) is 0.778. The van der Waals surface area contributed by atoms with Crippen molar-refractivity contribution in [2.45, 2.75) is 129 Å². The molecule has 0 aliphatic carbocycles. The van der Waals surface area contributed by atoms with E-state index in [1.807, 2.05) is 0 Å². The Morgan fingerprint density at radius 2 is 1.09 bits per heavy atom. The van der Waals surface area contributed by atoms with Gasteiger partial charge in [0.25, 0.3) is 0 Å². The van der Waals surface area contributed by atoms with Gasteiger partial charge in [-0.05, 0) is 55.9 Å². The topological polar surface area (TPSA) is 9.23 Å². The van der Waals surface area contributed by atoms with E-state index in [1.54, 1.807) is 0 Å². The van der Waals surface area contributed by atoms with Gasteiger partial charge >= 0.3 is 12.4 Å². The van der Waals surface area contributed by atoms with Gasteiger partial charge in [-0.1, -0.05) is 78.1 Å². The largest absolute Gasteiger partial charge is 0.416 e. The number of hydrogen-bond donors (Lipinski definition) is 0. The second-order valence-electron chi connectivity index (χ2n) is 9.27. The molecule has 0 aliphatic heterocycles. The third-order valence-electron chi connectivity index (χ3n) is 6.08. The molecule has 1 nitrogen and oxygen atoms in total. The zero-order chi connectivity index (χ0) is 25.5. The lowest BCUT2D eigenvalue weighted by Crippen LogP contribution is -2.13. The zero-order valence-corrected chi connectivity index (χ0v) is 20.8. The number of alkyl halides is 6. The maximum absolute atomic E-state index is 13.0. The normalized spacial score (nSPS) is 13.4. The summed E-state index contributed by atoms with van der Waals surface area (Å²) in [5.74, 6) is 0. The average molecular weight is 497 g/mol. The first kappa shape index (κ1) is 30.8. The lowest BCUT2D eigenvalue weighted by molar-refractivity contribution is -0.143. The molecule has 0 aromatic heterocycles. The van der Waals surface area contributed by atoms with Crippen molar-refractivity contribution in [3.8, 4) is 0 Å². The Kier molecular flexibility index (Phi) is 14.9. The van der Waals surface area contributed by atoms with Crippen LogP contribution in [0.25, 0.3) is 0 Å². The van der Waals surface area contributed by atoms with Crippen molar-refractivity contribution in [2.24, 2.45) is 0 Å². The highest BCUT2D eigenvalue weighted by Crippen LogP contribution is 2.36. The SMILES string of the molecule is CCCCCCCCCC(CCCCCCc1cc(C(F)(F)F)cc(C(F)(F)F)c1)OCCC. The molecule has 0 fully saturated rings. The summed E-state index contributed by atoms with van der Waals surface area (Å²) in [6, 6.07) is 1.86. The molecule has 0 N–H and O–H groups in total. The van der Waals surface area contributed by atoms with Crippen molar-refractivity contribution in [1.82, 2.24) is 0 Å². The molecule has 0 spiro atoms. The van der Waals surface area contributed by atoms with Crippen molar-refractivity contribution in [1.29, 1.82) is 0 Å². The van der Waals surface area contributed by atoms with Crippen molar-refractivity contribution in [3.63, 3.8) is 0 Å². The van der Waals surface area contributed by atoms with Crippen LogP contribution in [0.3, 0.4) is 0 Å². The minimum absolute atomic E-state index is 0.0882. The van der Waals surface area contributed by atoms with Crippen molar-refractivity contribution in [3.05, 3.63) is 34.9 Å². The summed E-state index contributed by atoms with van der Waals surface area (Å²) in [4.78, 5) is 0. The van der Waals surface area contributed by atoms with E-state index >= 15 is 0 Å². The molecule has 1 atom stereocenters. The van der Waals surface area contributed by atoms with Crippen LogP contribution < -0.4 is 0 Å². The standard InChI is InChI=1S/C27H42F6O/c1-3-5-6-7-8-9-13-16-25(34-18-4-2)17-14-11-10-12-15-22-19-23(26(28,29)30)21-24(20-22)27(31,32)33/h19-21,25H,3-18H2,1-2H3. The first-order valence-corrected chi connectivity index (χ1v) is 13.0. The second-order valence-corrected chi connectivity index (χ2v) is 9.27. The number of ether oxygens (including phenoxy) is 1. The molecule has 0 saturated heterocycles. The summed E-state index contributed by atoms with van der Waals surface area (Å²) in [5.41, 5.74) is -2.39. The van der Waals surface area contributed by atoms with E-state index in [4.69, 9.17) is 4.74 Å². The molecule has 0 heterocycles. The Morgan fingerprint density at radius 1 is 0.618 bits per heavy atom. The van der Waals surface area contributed by atoms with Crippen molar-refractivity contribution in [2.75, 3.05) is 6.61 Å². The Bertz CT molecular complexity index is 621. The Balaban J connectivity index is 2.39. The highest BCUT2D eigenvalue weighted by Gasteiger charge is 2.36. The summed E-state index contributed by atoms with van der Waals surface area (Å²) in [7, 11) is 0. The van der Waals surface area contributed by atoms with Crippen molar-refractivity contribution >= 4 is 0 Å². The Hall–Kier alpha value is -1.24. The fourth-order valence-corrected chi connectivity index (χ4v) is 4.14. The number of halogens is 6. The lowest BCUT2D eigenvalue weighted by atomic mass is 9.99. The summed E-state index contributed by atoms with van der Waals surface area (Å²) < 4.78 is 83.9. The minimum atomic E-state index is -4.79. The third kappa shape index (κ3) is 13.6. The molecule has 0 aliphatic rings. The van der Waals surface area contributed by atoms with Gasteiger partial charge in [0.05, 0.1) is 17.2 Å². The van der Waals surface area contributed by atoms with Gasteiger partial charge in [0.2, 0.25) is 0 Å². The third-order valence-corrected chi connectivity index (χ3v) is 6.08. The fourth-order valence-electron chi connectivity index (χ4n) is 4.14. The van der Waals surface area contributed by atoms with E-state index in [1.165, 1.54) is 38.5 Å². The number of benzene rings is 1. The van der Waals surface area contributed by atoms with Crippen LogP contribution in [0.4, 0.5) is 26.3 Å². The molecule has 0 amide bonds. The maximum atomic E-state index is 13.0. The zero-order valence-electron chi connectivity index (χ0n) is 20.8. The van der Waals surface area contributed by atoms with E-state index in [2.05, 4.69) is 13.8 Å². The summed E-state index contributed by atoms with van der Waals surface area (Å²) in [6.07, 6.45) is 5.88. The number of aryl methyl sites for hydroxylation is 1. The average Bonchev–Trinajstić information content (AvgIpc) is 2.77. The van der Waals surface area contributed by atoms with Gasteiger partial charge < -0.3 is 4.74 Å². The number of unbranched alkanes of at least 4 members (excludes halogenated alkanes) is 9. The van der Waals surface area contributed by atoms with Crippen LogP contribution in [-0.2, 0) is 23.5 Å². The Labute approximate surface area is 201 Å². The van der Waals surface area contributed by atoms with Crippen LogP contribution in [-0.4, -0.2) is 12.7 Å².